The first-order valence-electron chi connectivity index (χ1n) is 13.6. The zero-order valence-electron chi connectivity index (χ0n) is 24.3. The zero-order chi connectivity index (χ0) is 29.6. The third-order valence-electron chi connectivity index (χ3n) is 7.44. The number of rotatable bonds is 6. The van der Waals surface area contributed by atoms with Gasteiger partial charge in [-0.3, -0.25) is 4.79 Å². The molecule has 0 saturated carbocycles. The molecule has 3 aliphatic rings. The van der Waals surface area contributed by atoms with E-state index in [1.54, 1.807) is 46.6 Å². The fraction of sp³-hybridized carbons (Fsp3) is 0.375. The monoisotopic (exact) mass is 562 g/mol. The fourth-order valence-corrected chi connectivity index (χ4v) is 5.27. The lowest BCUT2D eigenvalue weighted by Crippen LogP contribution is -2.39. The maximum absolute atomic E-state index is 12.1. The van der Waals surface area contributed by atoms with E-state index in [-0.39, 0.29) is 5.56 Å². The van der Waals surface area contributed by atoms with E-state index in [0.29, 0.717) is 34.7 Å². The SMILES string of the molecule is COC.COC.Cc1ccc(C(=O)O)cc1C1(OC=O)c2ccc(N3CCC3)cc2Oc2cc(N3CCC3)ccc21. The molecule has 0 unspecified atom stereocenters. The maximum atomic E-state index is 12.1. The number of fused-ring (bicyclic) bond motifs is 2. The van der Waals surface area contributed by atoms with Crippen molar-refractivity contribution in [2.75, 3.05) is 64.4 Å². The number of aryl methyl sites for hydroxylation is 1. The minimum absolute atomic E-state index is 0.128. The third kappa shape index (κ3) is 5.73. The van der Waals surface area contributed by atoms with E-state index >= 15 is 0 Å². The molecule has 1 N–H and O–H groups in total. The Bertz CT molecular complexity index is 1320. The molecule has 3 heterocycles. The van der Waals surface area contributed by atoms with E-state index in [1.165, 1.54) is 0 Å². The Kier molecular flexibility index (Phi) is 9.52. The number of ether oxygens (including phenoxy) is 4. The van der Waals surface area contributed by atoms with Gasteiger partial charge in [0.25, 0.3) is 6.47 Å². The molecule has 0 spiro atoms. The molecular formula is C32H38N2O7. The van der Waals surface area contributed by atoms with Crippen molar-refractivity contribution in [3.63, 3.8) is 0 Å². The first-order chi connectivity index (χ1) is 19.8. The summed E-state index contributed by atoms with van der Waals surface area (Å²) in [5, 5.41) is 9.72. The van der Waals surface area contributed by atoms with Gasteiger partial charge >= 0.3 is 5.97 Å². The van der Waals surface area contributed by atoms with Crippen molar-refractivity contribution in [3.8, 4) is 11.5 Å². The van der Waals surface area contributed by atoms with Crippen LogP contribution in [0.5, 0.6) is 11.5 Å². The van der Waals surface area contributed by atoms with Gasteiger partial charge in [0, 0.05) is 94.8 Å². The Morgan fingerprint density at radius 3 is 1.68 bits per heavy atom. The van der Waals surface area contributed by atoms with Crippen LogP contribution in [0.2, 0.25) is 0 Å². The van der Waals surface area contributed by atoms with Crippen LogP contribution in [-0.4, -0.2) is 72.2 Å². The number of hydrogen-bond acceptors (Lipinski definition) is 8. The molecular weight excluding hydrogens is 524 g/mol. The molecule has 0 amide bonds. The second-order valence-corrected chi connectivity index (χ2v) is 10.2. The predicted octanol–water partition coefficient (Wildman–Crippen LogP) is 5.21. The Morgan fingerprint density at radius 1 is 0.805 bits per heavy atom. The van der Waals surface area contributed by atoms with E-state index in [9.17, 15) is 14.7 Å². The van der Waals surface area contributed by atoms with E-state index < -0.39 is 11.6 Å². The first-order valence-corrected chi connectivity index (χ1v) is 13.6. The average Bonchev–Trinajstić information content (AvgIpc) is 2.87. The second-order valence-electron chi connectivity index (χ2n) is 10.2. The number of carbonyl (C=O) groups excluding carboxylic acids is 1. The third-order valence-corrected chi connectivity index (χ3v) is 7.44. The van der Waals surface area contributed by atoms with Crippen molar-refractivity contribution in [2.45, 2.75) is 25.4 Å². The first kappa shape index (κ1) is 29.9. The van der Waals surface area contributed by atoms with Crippen LogP contribution in [0.4, 0.5) is 11.4 Å². The van der Waals surface area contributed by atoms with E-state index in [4.69, 9.17) is 9.47 Å². The minimum atomic E-state index is -1.35. The van der Waals surface area contributed by atoms with E-state index in [2.05, 4.69) is 19.3 Å². The van der Waals surface area contributed by atoms with Gasteiger partial charge in [0.2, 0.25) is 0 Å². The number of carboxylic acid groups (broad SMARTS) is 1. The normalized spacial score (nSPS) is 15.6. The Morgan fingerprint density at radius 2 is 1.29 bits per heavy atom. The number of benzene rings is 3. The van der Waals surface area contributed by atoms with Gasteiger partial charge in [-0.25, -0.2) is 4.79 Å². The molecule has 218 valence electrons. The van der Waals surface area contributed by atoms with Crippen molar-refractivity contribution >= 4 is 23.8 Å². The lowest BCUT2D eigenvalue weighted by Gasteiger charge is -2.41. The highest BCUT2D eigenvalue weighted by Gasteiger charge is 2.48. The van der Waals surface area contributed by atoms with Crippen molar-refractivity contribution in [2.24, 2.45) is 0 Å². The van der Waals surface area contributed by atoms with E-state index in [1.807, 2.05) is 43.3 Å². The molecule has 0 aromatic heterocycles. The summed E-state index contributed by atoms with van der Waals surface area (Å²) >= 11 is 0. The number of carbonyl (C=O) groups is 2. The van der Waals surface area contributed by atoms with Crippen molar-refractivity contribution in [3.05, 3.63) is 82.4 Å². The molecule has 41 heavy (non-hydrogen) atoms. The summed E-state index contributed by atoms with van der Waals surface area (Å²) in [6, 6.07) is 16.8. The van der Waals surface area contributed by atoms with Gasteiger partial charge in [0.1, 0.15) is 11.5 Å². The highest BCUT2D eigenvalue weighted by molar-refractivity contribution is 5.88. The van der Waals surface area contributed by atoms with Crippen LogP contribution in [0.1, 0.15) is 45.5 Å². The Hall–Kier alpha value is -4.08. The summed E-state index contributed by atoms with van der Waals surface area (Å²) < 4.78 is 21.0. The number of aromatic carboxylic acids is 1. The number of anilines is 2. The topological polar surface area (TPSA) is 97.8 Å². The van der Waals surface area contributed by atoms with Gasteiger partial charge in [-0.05, 0) is 61.7 Å². The van der Waals surface area contributed by atoms with Crippen LogP contribution in [0, 0.1) is 6.92 Å². The zero-order valence-corrected chi connectivity index (χ0v) is 24.3. The van der Waals surface area contributed by atoms with Gasteiger partial charge in [-0.15, -0.1) is 0 Å². The summed E-state index contributed by atoms with van der Waals surface area (Å²) in [7, 11) is 6.50. The Labute approximate surface area is 241 Å². The highest BCUT2D eigenvalue weighted by Crippen LogP contribution is 2.54. The molecule has 3 aromatic rings. The fourth-order valence-electron chi connectivity index (χ4n) is 5.27. The van der Waals surface area contributed by atoms with Gasteiger partial charge in [0.15, 0.2) is 5.60 Å². The smallest absolute Gasteiger partial charge is 0.335 e. The molecule has 0 bridgehead atoms. The average molecular weight is 563 g/mol. The molecule has 2 fully saturated rings. The standard InChI is InChI=1S/C28H26N2O5.2C2H6O/c1-18-4-5-19(27(32)33)14-24(18)28(34-17-31)22-8-6-20(29-10-2-11-29)15-25(22)35-26-16-21(7-9-23(26)28)30-12-3-13-30;2*1-3-2/h4-9,14-17H,2-3,10-13H2,1H3,(H,32,33);2*1-2H3. The van der Waals surface area contributed by atoms with Crippen molar-refractivity contribution in [1.29, 1.82) is 0 Å². The minimum Gasteiger partial charge on any atom is -0.478 e. The lowest BCUT2D eigenvalue weighted by atomic mass is 9.75. The summed E-state index contributed by atoms with van der Waals surface area (Å²) in [6.07, 6.45) is 2.30. The van der Waals surface area contributed by atoms with Crippen LogP contribution >= 0.6 is 0 Å². The molecule has 0 aliphatic carbocycles. The van der Waals surface area contributed by atoms with Crippen LogP contribution in [0.3, 0.4) is 0 Å². The van der Waals surface area contributed by atoms with E-state index in [0.717, 1.165) is 56.0 Å². The largest absolute Gasteiger partial charge is 0.478 e. The van der Waals surface area contributed by atoms with Gasteiger partial charge in [-0.2, -0.15) is 0 Å². The highest BCUT2D eigenvalue weighted by atomic mass is 16.5. The molecule has 2 saturated heterocycles. The summed E-state index contributed by atoms with van der Waals surface area (Å²) in [5.41, 5.74) is 3.64. The van der Waals surface area contributed by atoms with Gasteiger partial charge in [0.05, 0.1) is 5.56 Å². The molecule has 6 rings (SSSR count). The summed E-state index contributed by atoms with van der Waals surface area (Å²) in [6.45, 7) is 6.30. The predicted molar refractivity (Wildman–Crippen MR) is 158 cm³/mol. The summed E-state index contributed by atoms with van der Waals surface area (Å²) in [5.74, 6) is 0.163. The number of methoxy groups -OCH3 is 2. The van der Waals surface area contributed by atoms with Crippen LogP contribution in [0.15, 0.2) is 54.6 Å². The van der Waals surface area contributed by atoms with Crippen molar-refractivity contribution in [1.82, 2.24) is 0 Å². The lowest BCUT2D eigenvalue weighted by molar-refractivity contribution is -0.137. The molecule has 0 atom stereocenters. The van der Waals surface area contributed by atoms with Crippen molar-refractivity contribution < 1.29 is 33.6 Å². The quantitative estimate of drug-likeness (QED) is 0.406. The maximum Gasteiger partial charge on any atom is 0.335 e. The number of hydrogen-bond donors (Lipinski definition) is 1. The molecule has 0 radical (unpaired) electrons. The molecule has 3 aromatic carbocycles. The number of nitrogens with zero attached hydrogens (tertiary/aromatic N) is 2. The number of carboxylic acids is 1. The molecule has 9 nitrogen and oxygen atoms in total. The Balaban J connectivity index is 0.000000596. The van der Waals surface area contributed by atoms with Crippen LogP contribution in [-0.2, 0) is 24.6 Å². The molecule has 3 aliphatic heterocycles. The summed E-state index contributed by atoms with van der Waals surface area (Å²) in [4.78, 5) is 28.5. The van der Waals surface area contributed by atoms with Crippen LogP contribution < -0.4 is 14.5 Å². The van der Waals surface area contributed by atoms with Crippen LogP contribution in [0.25, 0.3) is 0 Å². The molecule has 9 heteroatoms. The van der Waals surface area contributed by atoms with Gasteiger partial charge in [-0.1, -0.05) is 6.07 Å². The second kappa shape index (κ2) is 13.1. The van der Waals surface area contributed by atoms with Gasteiger partial charge < -0.3 is 33.9 Å².